The maximum Gasteiger partial charge on any atom is 0.235 e. The average Bonchev–Trinajstić information content (AvgIpc) is 3.08. The summed E-state index contributed by atoms with van der Waals surface area (Å²) in [7, 11) is 1.60. The zero-order chi connectivity index (χ0) is 14.2. The summed E-state index contributed by atoms with van der Waals surface area (Å²) in [4.78, 5) is 15.0. The van der Waals surface area contributed by atoms with E-state index in [4.69, 9.17) is 14.2 Å². The van der Waals surface area contributed by atoms with Gasteiger partial charge in [0.15, 0.2) is 11.5 Å². The van der Waals surface area contributed by atoms with Gasteiger partial charge in [-0.3, -0.25) is 0 Å². The maximum absolute atomic E-state index is 10.9. The number of hydrogen-bond donors (Lipinski definition) is 0. The predicted octanol–water partition coefficient (Wildman–Crippen LogP) is 3.29. The number of ether oxygens (including phenoxy) is 3. The van der Waals surface area contributed by atoms with Gasteiger partial charge in [-0.1, -0.05) is 12.8 Å². The first-order chi connectivity index (χ1) is 9.72. The first-order valence-corrected chi connectivity index (χ1v) is 7.27. The maximum atomic E-state index is 10.9. The van der Waals surface area contributed by atoms with Crippen molar-refractivity contribution in [3.63, 3.8) is 0 Å². The number of fused-ring (bicyclic) bond motifs is 1. The molecule has 0 N–H and O–H groups in total. The third-order valence-corrected chi connectivity index (χ3v) is 4.68. The SMILES string of the molecule is COc1c(C2(N=C=O)CCCC2)cc2c(c1Br)OCO2. The Morgan fingerprint density at radius 3 is 2.80 bits per heavy atom. The van der Waals surface area contributed by atoms with Crippen LogP contribution in [0.3, 0.4) is 0 Å². The Kier molecular flexibility index (Phi) is 3.44. The van der Waals surface area contributed by atoms with E-state index in [-0.39, 0.29) is 6.79 Å². The number of carbonyl (C=O) groups excluding carboxylic acids is 1. The predicted molar refractivity (Wildman–Crippen MR) is 75.1 cm³/mol. The second-order valence-corrected chi connectivity index (χ2v) is 5.74. The van der Waals surface area contributed by atoms with E-state index in [9.17, 15) is 4.79 Å². The molecular weight excluding hydrogens is 326 g/mol. The Labute approximate surface area is 125 Å². The van der Waals surface area contributed by atoms with E-state index in [0.29, 0.717) is 21.7 Å². The molecule has 0 amide bonds. The highest BCUT2D eigenvalue weighted by molar-refractivity contribution is 9.10. The van der Waals surface area contributed by atoms with Gasteiger partial charge in [-0.2, -0.15) is 4.99 Å². The number of rotatable bonds is 3. The first kappa shape index (κ1) is 13.5. The lowest BCUT2D eigenvalue weighted by Crippen LogP contribution is -2.20. The standard InChI is InChI=1S/C14H14BrNO4/c1-18-12-9(14(16-7-17)4-2-3-5-14)6-10-13(11(12)15)20-8-19-10/h6H,2-5,8H2,1H3. The van der Waals surface area contributed by atoms with Crippen LogP contribution in [0.4, 0.5) is 0 Å². The smallest absolute Gasteiger partial charge is 0.235 e. The molecule has 0 unspecified atom stereocenters. The molecular formula is C14H14BrNO4. The number of hydrogen-bond acceptors (Lipinski definition) is 5. The number of isocyanates is 1. The third kappa shape index (κ3) is 1.91. The monoisotopic (exact) mass is 339 g/mol. The van der Waals surface area contributed by atoms with Crippen LogP contribution in [0.1, 0.15) is 31.2 Å². The van der Waals surface area contributed by atoms with Gasteiger partial charge < -0.3 is 14.2 Å². The molecule has 1 saturated carbocycles. The second kappa shape index (κ2) is 5.11. The van der Waals surface area contributed by atoms with Crippen molar-refractivity contribution in [1.29, 1.82) is 0 Å². The number of benzene rings is 1. The molecule has 1 fully saturated rings. The van der Waals surface area contributed by atoms with Gasteiger partial charge in [0, 0.05) is 5.56 Å². The summed E-state index contributed by atoms with van der Waals surface area (Å²) >= 11 is 3.50. The van der Waals surface area contributed by atoms with Crippen LogP contribution in [-0.2, 0) is 10.3 Å². The molecule has 1 heterocycles. The molecule has 1 aliphatic heterocycles. The van der Waals surface area contributed by atoms with E-state index in [1.54, 1.807) is 13.2 Å². The van der Waals surface area contributed by atoms with Crippen LogP contribution in [0.15, 0.2) is 15.5 Å². The molecule has 1 aromatic carbocycles. The molecule has 5 nitrogen and oxygen atoms in total. The van der Waals surface area contributed by atoms with E-state index < -0.39 is 5.54 Å². The van der Waals surface area contributed by atoms with E-state index in [1.807, 2.05) is 6.07 Å². The van der Waals surface area contributed by atoms with Crippen molar-refractivity contribution < 1.29 is 19.0 Å². The van der Waals surface area contributed by atoms with Gasteiger partial charge in [0.2, 0.25) is 12.9 Å². The van der Waals surface area contributed by atoms with Crippen LogP contribution in [0, 0.1) is 0 Å². The van der Waals surface area contributed by atoms with Crippen LogP contribution in [0.5, 0.6) is 17.2 Å². The lowest BCUT2D eigenvalue weighted by molar-refractivity contribution is 0.173. The highest BCUT2D eigenvalue weighted by Crippen LogP contribution is 2.53. The lowest BCUT2D eigenvalue weighted by Gasteiger charge is -2.26. The van der Waals surface area contributed by atoms with Gasteiger partial charge in [-0.15, -0.1) is 0 Å². The first-order valence-electron chi connectivity index (χ1n) is 6.47. The van der Waals surface area contributed by atoms with Crippen molar-refractivity contribution in [2.45, 2.75) is 31.2 Å². The van der Waals surface area contributed by atoms with E-state index in [2.05, 4.69) is 20.9 Å². The Hall–Kier alpha value is -1.52. The highest BCUT2D eigenvalue weighted by Gasteiger charge is 2.40. The molecule has 0 bridgehead atoms. The van der Waals surface area contributed by atoms with E-state index in [1.165, 1.54) is 0 Å². The van der Waals surface area contributed by atoms with Gasteiger partial charge in [-0.25, -0.2) is 4.79 Å². The summed E-state index contributed by atoms with van der Waals surface area (Å²) in [6.45, 7) is 0.185. The quantitative estimate of drug-likeness (QED) is 0.626. The Balaban J connectivity index is 2.22. The number of methoxy groups -OCH3 is 1. The van der Waals surface area contributed by atoms with Crippen LogP contribution in [-0.4, -0.2) is 20.0 Å². The molecule has 0 atom stereocenters. The molecule has 1 aromatic rings. The van der Waals surface area contributed by atoms with E-state index >= 15 is 0 Å². The number of aliphatic imine (C=N–C) groups is 1. The van der Waals surface area contributed by atoms with Crippen LogP contribution in [0.2, 0.25) is 0 Å². The fourth-order valence-electron chi connectivity index (χ4n) is 3.02. The topological polar surface area (TPSA) is 57.1 Å². The normalized spacial score (nSPS) is 18.7. The average molecular weight is 340 g/mol. The van der Waals surface area contributed by atoms with Gasteiger partial charge in [0.25, 0.3) is 0 Å². The Morgan fingerprint density at radius 2 is 2.15 bits per heavy atom. The van der Waals surface area contributed by atoms with Crippen molar-refractivity contribution in [2.75, 3.05) is 13.9 Å². The second-order valence-electron chi connectivity index (χ2n) is 4.95. The van der Waals surface area contributed by atoms with Crippen LogP contribution < -0.4 is 14.2 Å². The zero-order valence-corrected chi connectivity index (χ0v) is 12.7. The molecule has 20 heavy (non-hydrogen) atoms. The molecule has 2 aliphatic rings. The summed E-state index contributed by atoms with van der Waals surface area (Å²) in [5.41, 5.74) is 0.299. The van der Waals surface area contributed by atoms with Crippen molar-refractivity contribution in [3.8, 4) is 17.2 Å². The van der Waals surface area contributed by atoms with Gasteiger partial charge >= 0.3 is 0 Å². The number of halogens is 1. The molecule has 0 spiro atoms. The molecule has 106 valence electrons. The highest BCUT2D eigenvalue weighted by atomic mass is 79.9. The molecule has 3 rings (SSSR count). The molecule has 6 heteroatoms. The van der Waals surface area contributed by atoms with Crippen LogP contribution in [0.25, 0.3) is 0 Å². The minimum Gasteiger partial charge on any atom is -0.495 e. The Morgan fingerprint density at radius 1 is 1.40 bits per heavy atom. The molecule has 0 aromatic heterocycles. The summed E-state index contributed by atoms with van der Waals surface area (Å²) in [6, 6.07) is 1.87. The fourth-order valence-corrected chi connectivity index (χ4v) is 3.70. The van der Waals surface area contributed by atoms with Gasteiger partial charge in [0.05, 0.1) is 7.11 Å². The zero-order valence-electron chi connectivity index (χ0n) is 11.1. The number of nitrogens with zero attached hydrogens (tertiary/aromatic N) is 1. The van der Waals surface area contributed by atoms with Crippen LogP contribution >= 0.6 is 15.9 Å². The minimum absolute atomic E-state index is 0.185. The Bertz CT molecular complexity index is 589. The molecule has 1 aliphatic carbocycles. The fraction of sp³-hybridized carbons (Fsp3) is 0.500. The summed E-state index contributed by atoms with van der Waals surface area (Å²) in [5.74, 6) is 1.93. The van der Waals surface area contributed by atoms with Crippen molar-refractivity contribution in [2.24, 2.45) is 4.99 Å². The van der Waals surface area contributed by atoms with Crippen molar-refractivity contribution in [1.82, 2.24) is 0 Å². The summed E-state index contributed by atoms with van der Waals surface area (Å²) in [5, 5.41) is 0. The van der Waals surface area contributed by atoms with Crippen molar-refractivity contribution >= 4 is 22.0 Å². The third-order valence-electron chi connectivity index (χ3n) is 3.96. The van der Waals surface area contributed by atoms with Gasteiger partial charge in [-0.05, 0) is 34.8 Å². The molecule has 0 saturated heterocycles. The van der Waals surface area contributed by atoms with Crippen molar-refractivity contribution in [3.05, 3.63) is 16.1 Å². The summed E-state index contributed by atoms with van der Waals surface area (Å²) < 4.78 is 17.1. The van der Waals surface area contributed by atoms with E-state index in [0.717, 1.165) is 31.2 Å². The summed E-state index contributed by atoms with van der Waals surface area (Å²) in [6.07, 6.45) is 5.40. The van der Waals surface area contributed by atoms with Gasteiger partial charge in [0.1, 0.15) is 15.8 Å². The molecule has 0 radical (unpaired) electrons. The largest absolute Gasteiger partial charge is 0.495 e. The lowest BCUT2D eigenvalue weighted by atomic mass is 9.88. The minimum atomic E-state index is -0.559.